The molecule has 0 heterocycles. The standard InChI is InChI=1S/C23H30FNO2/c1-17-9-10-20(24)14-22(17)23(26)12-11-21(13-19(23)15-25(2)3)27-16-18-7-5-4-6-8-18/h4-10,14,19,21,26H,11-13,15-16H2,1-3H3. The van der Waals surface area contributed by atoms with E-state index in [0.29, 0.717) is 13.0 Å². The Morgan fingerprint density at radius 2 is 1.93 bits per heavy atom. The summed E-state index contributed by atoms with van der Waals surface area (Å²) in [4.78, 5) is 2.09. The zero-order valence-corrected chi connectivity index (χ0v) is 16.5. The van der Waals surface area contributed by atoms with Gasteiger partial charge < -0.3 is 14.7 Å². The first-order valence-electron chi connectivity index (χ1n) is 9.68. The number of ether oxygens (including phenoxy) is 1. The fraction of sp³-hybridized carbons (Fsp3) is 0.478. The number of nitrogens with zero attached hydrogens (tertiary/aromatic N) is 1. The highest BCUT2D eigenvalue weighted by Gasteiger charge is 2.44. The van der Waals surface area contributed by atoms with E-state index in [1.165, 1.54) is 12.1 Å². The van der Waals surface area contributed by atoms with E-state index in [2.05, 4.69) is 17.0 Å². The topological polar surface area (TPSA) is 32.7 Å². The van der Waals surface area contributed by atoms with Gasteiger partial charge in [-0.25, -0.2) is 4.39 Å². The Balaban J connectivity index is 1.77. The lowest BCUT2D eigenvalue weighted by Crippen LogP contribution is -2.47. The molecule has 2 aromatic carbocycles. The predicted octanol–water partition coefficient (Wildman–Crippen LogP) is 4.27. The van der Waals surface area contributed by atoms with Gasteiger partial charge in [-0.1, -0.05) is 36.4 Å². The zero-order chi connectivity index (χ0) is 19.4. The van der Waals surface area contributed by atoms with Gasteiger partial charge in [-0.05, 0) is 69.1 Å². The molecule has 1 N–H and O–H groups in total. The van der Waals surface area contributed by atoms with Crippen LogP contribution in [-0.2, 0) is 16.9 Å². The van der Waals surface area contributed by atoms with Crippen molar-refractivity contribution < 1.29 is 14.2 Å². The molecule has 0 saturated heterocycles. The van der Waals surface area contributed by atoms with Crippen molar-refractivity contribution in [3.05, 3.63) is 71.0 Å². The summed E-state index contributed by atoms with van der Waals surface area (Å²) in [5.41, 5.74) is 1.79. The highest BCUT2D eigenvalue weighted by atomic mass is 19.1. The molecule has 3 unspecified atom stereocenters. The maximum absolute atomic E-state index is 13.9. The van der Waals surface area contributed by atoms with Crippen LogP contribution in [0.1, 0.15) is 36.0 Å². The van der Waals surface area contributed by atoms with Crippen molar-refractivity contribution in [2.75, 3.05) is 20.6 Å². The number of hydrogen-bond donors (Lipinski definition) is 1. The third kappa shape index (κ3) is 4.75. The van der Waals surface area contributed by atoms with Crippen LogP contribution in [0.2, 0.25) is 0 Å². The number of benzene rings is 2. The van der Waals surface area contributed by atoms with Gasteiger partial charge in [0.15, 0.2) is 0 Å². The molecule has 27 heavy (non-hydrogen) atoms. The Bertz CT molecular complexity index is 749. The monoisotopic (exact) mass is 371 g/mol. The molecular formula is C23H30FNO2. The Kier molecular flexibility index (Phi) is 6.30. The summed E-state index contributed by atoms with van der Waals surface area (Å²) >= 11 is 0. The molecular weight excluding hydrogens is 341 g/mol. The van der Waals surface area contributed by atoms with Crippen molar-refractivity contribution in [2.45, 2.75) is 44.5 Å². The van der Waals surface area contributed by atoms with Crippen molar-refractivity contribution in [1.29, 1.82) is 0 Å². The van der Waals surface area contributed by atoms with Gasteiger partial charge in [-0.3, -0.25) is 0 Å². The summed E-state index contributed by atoms with van der Waals surface area (Å²) in [6.45, 7) is 3.26. The second kappa shape index (κ2) is 8.51. The maximum atomic E-state index is 13.9. The van der Waals surface area contributed by atoms with Crippen LogP contribution in [-0.4, -0.2) is 36.8 Å². The van der Waals surface area contributed by atoms with E-state index in [1.54, 1.807) is 6.07 Å². The van der Waals surface area contributed by atoms with Crippen LogP contribution < -0.4 is 0 Å². The summed E-state index contributed by atoms with van der Waals surface area (Å²) in [5.74, 6) is -0.308. The summed E-state index contributed by atoms with van der Waals surface area (Å²) in [7, 11) is 4.01. The van der Waals surface area contributed by atoms with Gasteiger partial charge in [-0.2, -0.15) is 0 Å². The maximum Gasteiger partial charge on any atom is 0.123 e. The second-order valence-corrected chi connectivity index (χ2v) is 8.04. The molecule has 3 nitrogen and oxygen atoms in total. The lowest BCUT2D eigenvalue weighted by molar-refractivity contribution is -0.111. The molecule has 1 aliphatic carbocycles. The minimum absolute atomic E-state index is 0.0116. The molecule has 3 rings (SSSR count). The van der Waals surface area contributed by atoms with Crippen LogP contribution in [0.4, 0.5) is 4.39 Å². The lowest BCUT2D eigenvalue weighted by atomic mass is 9.69. The van der Waals surface area contributed by atoms with E-state index >= 15 is 0 Å². The molecule has 1 aliphatic rings. The Morgan fingerprint density at radius 3 is 2.63 bits per heavy atom. The van der Waals surface area contributed by atoms with Gasteiger partial charge in [-0.15, -0.1) is 0 Å². The highest BCUT2D eigenvalue weighted by molar-refractivity contribution is 5.33. The third-order valence-electron chi connectivity index (χ3n) is 5.65. The minimum atomic E-state index is -1.02. The molecule has 1 saturated carbocycles. The van der Waals surface area contributed by atoms with Crippen molar-refractivity contribution >= 4 is 0 Å². The normalized spacial score (nSPS) is 25.7. The van der Waals surface area contributed by atoms with Crippen molar-refractivity contribution in [2.24, 2.45) is 5.92 Å². The Hall–Kier alpha value is -1.75. The molecule has 0 aliphatic heterocycles. The molecule has 0 amide bonds. The third-order valence-corrected chi connectivity index (χ3v) is 5.65. The summed E-state index contributed by atoms with van der Waals surface area (Å²) in [6.07, 6.45) is 2.21. The smallest absolute Gasteiger partial charge is 0.123 e. The average Bonchev–Trinajstić information content (AvgIpc) is 2.65. The van der Waals surface area contributed by atoms with Gasteiger partial charge in [0.25, 0.3) is 0 Å². The van der Waals surface area contributed by atoms with Crippen LogP contribution in [0.5, 0.6) is 0 Å². The van der Waals surface area contributed by atoms with Crippen molar-refractivity contribution in [1.82, 2.24) is 4.90 Å². The summed E-state index contributed by atoms with van der Waals surface area (Å²) in [6, 6.07) is 14.9. The van der Waals surface area contributed by atoms with Gasteiger partial charge in [0.05, 0.1) is 18.3 Å². The average molecular weight is 371 g/mol. The quantitative estimate of drug-likeness (QED) is 0.823. The predicted molar refractivity (Wildman–Crippen MR) is 106 cm³/mol. The van der Waals surface area contributed by atoms with E-state index in [1.807, 2.05) is 39.2 Å². The zero-order valence-electron chi connectivity index (χ0n) is 16.5. The summed E-state index contributed by atoms with van der Waals surface area (Å²) in [5, 5.41) is 11.6. The van der Waals surface area contributed by atoms with Crippen LogP contribution >= 0.6 is 0 Å². The molecule has 2 aromatic rings. The molecule has 146 valence electrons. The number of aryl methyl sites for hydroxylation is 1. The Morgan fingerprint density at radius 1 is 1.19 bits per heavy atom. The van der Waals surface area contributed by atoms with Crippen LogP contribution in [0.25, 0.3) is 0 Å². The number of hydrogen-bond acceptors (Lipinski definition) is 3. The largest absolute Gasteiger partial charge is 0.385 e. The lowest BCUT2D eigenvalue weighted by Gasteiger charge is -2.45. The van der Waals surface area contributed by atoms with Crippen molar-refractivity contribution in [3.63, 3.8) is 0 Å². The van der Waals surface area contributed by atoms with E-state index in [-0.39, 0.29) is 17.8 Å². The van der Waals surface area contributed by atoms with Gasteiger partial charge in [0.2, 0.25) is 0 Å². The molecule has 4 heteroatoms. The fourth-order valence-electron chi connectivity index (χ4n) is 4.24. The van der Waals surface area contributed by atoms with Crippen LogP contribution in [0.15, 0.2) is 48.5 Å². The molecule has 0 spiro atoms. The Labute approximate surface area is 161 Å². The summed E-state index contributed by atoms with van der Waals surface area (Å²) < 4.78 is 20.1. The second-order valence-electron chi connectivity index (χ2n) is 8.04. The van der Waals surface area contributed by atoms with Crippen LogP contribution in [0, 0.1) is 18.7 Å². The van der Waals surface area contributed by atoms with Gasteiger partial charge >= 0.3 is 0 Å². The molecule has 1 fully saturated rings. The van der Waals surface area contributed by atoms with E-state index < -0.39 is 5.60 Å². The first kappa shape index (κ1) is 20.0. The van der Waals surface area contributed by atoms with Gasteiger partial charge in [0, 0.05) is 12.5 Å². The van der Waals surface area contributed by atoms with E-state index in [9.17, 15) is 9.50 Å². The molecule has 3 atom stereocenters. The molecule has 0 aromatic heterocycles. The number of rotatable bonds is 6. The first-order chi connectivity index (χ1) is 12.9. The van der Waals surface area contributed by atoms with Gasteiger partial charge in [0.1, 0.15) is 5.82 Å². The fourth-order valence-corrected chi connectivity index (χ4v) is 4.24. The van der Waals surface area contributed by atoms with E-state index in [4.69, 9.17) is 4.74 Å². The molecule has 0 radical (unpaired) electrons. The number of aliphatic hydroxyl groups is 1. The van der Waals surface area contributed by atoms with Crippen molar-refractivity contribution in [3.8, 4) is 0 Å². The van der Waals surface area contributed by atoms with E-state index in [0.717, 1.165) is 36.1 Å². The first-order valence-corrected chi connectivity index (χ1v) is 9.68. The minimum Gasteiger partial charge on any atom is -0.385 e. The molecule has 0 bridgehead atoms. The highest BCUT2D eigenvalue weighted by Crippen LogP contribution is 2.44. The SMILES string of the molecule is Cc1ccc(F)cc1C1(O)CCC(OCc2ccccc2)CC1CN(C)C. The number of halogens is 1. The van der Waals surface area contributed by atoms with Crippen LogP contribution in [0.3, 0.4) is 0 Å².